The molecular formula is C21H24FN3O2. The van der Waals surface area contributed by atoms with Crippen molar-refractivity contribution in [3.8, 4) is 0 Å². The maximum absolute atomic E-state index is 12.9. The maximum atomic E-state index is 12.9. The number of hydrogen-bond donors (Lipinski definition) is 2. The summed E-state index contributed by atoms with van der Waals surface area (Å²) in [5.74, 6) is -0.207. The third-order valence-electron chi connectivity index (χ3n) is 4.66. The average molecular weight is 369 g/mol. The van der Waals surface area contributed by atoms with Gasteiger partial charge in [0.25, 0.3) is 0 Å². The smallest absolute Gasteiger partial charge is 0.242 e. The molecule has 2 aromatic rings. The molecule has 2 N–H and O–H groups in total. The summed E-state index contributed by atoms with van der Waals surface area (Å²) in [7, 11) is 0. The lowest BCUT2D eigenvalue weighted by Gasteiger charge is -2.18. The van der Waals surface area contributed by atoms with Crippen LogP contribution < -0.4 is 15.5 Å². The van der Waals surface area contributed by atoms with E-state index in [1.165, 1.54) is 12.1 Å². The summed E-state index contributed by atoms with van der Waals surface area (Å²) in [5, 5.41) is 6.04. The van der Waals surface area contributed by atoms with Crippen molar-refractivity contribution in [1.29, 1.82) is 0 Å². The summed E-state index contributed by atoms with van der Waals surface area (Å²) in [6.45, 7) is 3.05. The SMILES string of the molecule is CC(Nc1ccc(N2CCCC2=O)cc1)C(=O)NCCc1ccc(F)cc1. The lowest BCUT2D eigenvalue weighted by Crippen LogP contribution is -2.38. The number of amides is 2. The molecular weight excluding hydrogens is 345 g/mol. The van der Waals surface area contributed by atoms with Crippen LogP contribution in [0, 0.1) is 5.82 Å². The molecule has 1 aliphatic rings. The number of hydrogen-bond acceptors (Lipinski definition) is 3. The molecule has 0 aliphatic carbocycles. The highest BCUT2D eigenvalue weighted by Gasteiger charge is 2.21. The zero-order valence-electron chi connectivity index (χ0n) is 15.4. The second-order valence-corrected chi connectivity index (χ2v) is 6.73. The second-order valence-electron chi connectivity index (χ2n) is 6.73. The van der Waals surface area contributed by atoms with E-state index in [4.69, 9.17) is 0 Å². The van der Waals surface area contributed by atoms with Crippen LogP contribution in [-0.2, 0) is 16.0 Å². The van der Waals surface area contributed by atoms with Gasteiger partial charge in [-0.2, -0.15) is 0 Å². The molecule has 6 heteroatoms. The first kappa shape index (κ1) is 18.9. The Labute approximate surface area is 158 Å². The number of nitrogens with one attached hydrogen (secondary N) is 2. The monoisotopic (exact) mass is 369 g/mol. The topological polar surface area (TPSA) is 61.4 Å². The summed E-state index contributed by atoms with van der Waals surface area (Å²) < 4.78 is 12.9. The molecule has 2 amide bonds. The first-order valence-corrected chi connectivity index (χ1v) is 9.22. The van der Waals surface area contributed by atoms with Gasteiger partial charge < -0.3 is 15.5 Å². The molecule has 2 aromatic carbocycles. The highest BCUT2D eigenvalue weighted by atomic mass is 19.1. The first-order valence-electron chi connectivity index (χ1n) is 9.22. The lowest BCUT2D eigenvalue weighted by molar-refractivity contribution is -0.121. The molecule has 1 atom stereocenters. The van der Waals surface area contributed by atoms with E-state index >= 15 is 0 Å². The van der Waals surface area contributed by atoms with Crippen LogP contribution in [0.5, 0.6) is 0 Å². The number of anilines is 2. The van der Waals surface area contributed by atoms with E-state index < -0.39 is 6.04 Å². The van der Waals surface area contributed by atoms with Crippen molar-refractivity contribution in [1.82, 2.24) is 5.32 Å². The average Bonchev–Trinajstić information content (AvgIpc) is 3.10. The van der Waals surface area contributed by atoms with E-state index in [0.29, 0.717) is 19.4 Å². The van der Waals surface area contributed by atoms with E-state index in [2.05, 4.69) is 10.6 Å². The van der Waals surface area contributed by atoms with Crippen LogP contribution in [0.3, 0.4) is 0 Å². The third-order valence-corrected chi connectivity index (χ3v) is 4.66. The lowest BCUT2D eigenvalue weighted by atomic mass is 10.1. The van der Waals surface area contributed by atoms with Crippen LogP contribution >= 0.6 is 0 Å². The van der Waals surface area contributed by atoms with Gasteiger partial charge >= 0.3 is 0 Å². The van der Waals surface area contributed by atoms with Crippen LogP contribution in [0.1, 0.15) is 25.3 Å². The van der Waals surface area contributed by atoms with Crippen LogP contribution in [0.2, 0.25) is 0 Å². The maximum Gasteiger partial charge on any atom is 0.242 e. The van der Waals surface area contributed by atoms with Gasteiger partial charge in [0.15, 0.2) is 0 Å². The molecule has 1 saturated heterocycles. The number of rotatable bonds is 7. The fourth-order valence-corrected chi connectivity index (χ4v) is 3.11. The summed E-state index contributed by atoms with van der Waals surface area (Å²) in [5.41, 5.74) is 2.69. The normalized spacial score (nSPS) is 14.9. The molecule has 0 bridgehead atoms. The van der Waals surface area contributed by atoms with E-state index in [0.717, 1.165) is 29.9 Å². The van der Waals surface area contributed by atoms with Crippen molar-refractivity contribution in [2.24, 2.45) is 0 Å². The van der Waals surface area contributed by atoms with Gasteiger partial charge in [0, 0.05) is 30.9 Å². The van der Waals surface area contributed by atoms with Gasteiger partial charge in [-0.15, -0.1) is 0 Å². The van der Waals surface area contributed by atoms with Crippen molar-refractivity contribution >= 4 is 23.2 Å². The quantitative estimate of drug-likeness (QED) is 0.788. The minimum Gasteiger partial charge on any atom is -0.374 e. The molecule has 0 saturated carbocycles. The zero-order valence-corrected chi connectivity index (χ0v) is 15.4. The molecule has 3 rings (SSSR count). The van der Waals surface area contributed by atoms with Crippen LogP contribution in [0.25, 0.3) is 0 Å². The van der Waals surface area contributed by atoms with Crippen LogP contribution in [-0.4, -0.2) is 30.9 Å². The molecule has 142 valence electrons. The standard InChI is InChI=1S/C21H24FN3O2/c1-15(21(27)23-13-12-16-4-6-17(22)7-5-16)24-18-8-10-19(11-9-18)25-14-2-3-20(25)26/h4-11,15,24H,2-3,12-14H2,1H3,(H,23,27). The van der Waals surface area contributed by atoms with Gasteiger partial charge in [0.05, 0.1) is 0 Å². The highest BCUT2D eigenvalue weighted by molar-refractivity contribution is 5.95. The van der Waals surface area contributed by atoms with Crippen LogP contribution in [0.4, 0.5) is 15.8 Å². The summed E-state index contributed by atoms with van der Waals surface area (Å²) >= 11 is 0. The number of carbonyl (C=O) groups excluding carboxylic acids is 2. The molecule has 0 radical (unpaired) electrons. The van der Waals surface area contributed by atoms with Gasteiger partial charge in [0.2, 0.25) is 11.8 Å². The number of nitrogens with zero attached hydrogens (tertiary/aromatic N) is 1. The summed E-state index contributed by atoms with van der Waals surface area (Å²) in [6.07, 6.45) is 2.15. The number of benzene rings is 2. The first-order chi connectivity index (χ1) is 13.0. The van der Waals surface area contributed by atoms with E-state index in [1.807, 2.05) is 24.3 Å². The summed E-state index contributed by atoms with van der Waals surface area (Å²) in [4.78, 5) is 25.8. The van der Waals surface area contributed by atoms with Gasteiger partial charge in [0.1, 0.15) is 11.9 Å². The molecule has 1 heterocycles. The molecule has 1 aliphatic heterocycles. The van der Waals surface area contributed by atoms with E-state index in [9.17, 15) is 14.0 Å². The predicted molar refractivity (Wildman–Crippen MR) is 104 cm³/mol. The van der Waals surface area contributed by atoms with E-state index in [1.54, 1.807) is 24.0 Å². The van der Waals surface area contributed by atoms with Gasteiger partial charge in [-0.3, -0.25) is 9.59 Å². The predicted octanol–water partition coefficient (Wildman–Crippen LogP) is 3.11. The van der Waals surface area contributed by atoms with Crippen molar-refractivity contribution in [3.05, 3.63) is 59.9 Å². The molecule has 0 spiro atoms. The molecule has 1 unspecified atom stereocenters. The molecule has 27 heavy (non-hydrogen) atoms. The summed E-state index contributed by atoms with van der Waals surface area (Å²) in [6, 6.07) is 13.4. The molecule has 1 fully saturated rings. The fraction of sp³-hybridized carbons (Fsp3) is 0.333. The number of halogens is 1. The fourth-order valence-electron chi connectivity index (χ4n) is 3.11. The van der Waals surface area contributed by atoms with Gasteiger partial charge in [-0.25, -0.2) is 4.39 Å². The zero-order chi connectivity index (χ0) is 19.2. The van der Waals surface area contributed by atoms with E-state index in [-0.39, 0.29) is 17.6 Å². The van der Waals surface area contributed by atoms with Gasteiger partial charge in [-0.1, -0.05) is 12.1 Å². The van der Waals surface area contributed by atoms with Crippen LogP contribution in [0.15, 0.2) is 48.5 Å². The number of carbonyl (C=O) groups is 2. The van der Waals surface area contributed by atoms with Gasteiger partial charge in [-0.05, 0) is 61.7 Å². The Morgan fingerprint density at radius 1 is 1.15 bits per heavy atom. The Kier molecular flexibility index (Phi) is 6.06. The largest absolute Gasteiger partial charge is 0.374 e. The van der Waals surface area contributed by atoms with Crippen molar-refractivity contribution in [2.75, 3.05) is 23.3 Å². The second kappa shape index (κ2) is 8.66. The Bertz CT molecular complexity index is 790. The highest BCUT2D eigenvalue weighted by Crippen LogP contribution is 2.23. The molecule has 0 aromatic heterocycles. The Balaban J connectivity index is 1.46. The third kappa shape index (κ3) is 5.06. The molecule has 5 nitrogen and oxygen atoms in total. The van der Waals surface area contributed by atoms with Crippen molar-refractivity contribution in [2.45, 2.75) is 32.2 Å². The van der Waals surface area contributed by atoms with Crippen molar-refractivity contribution in [3.63, 3.8) is 0 Å². The Morgan fingerprint density at radius 2 is 1.85 bits per heavy atom. The minimum atomic E-state index is -0.391. The minimum absolute atomic E-state index is 0.101. The van der Waals surface area contributed by atoms with Crippen molar-refractivity contribution < 1.29 is 14.0 Å². The Hall–Kier alpha value is -2.89. The Morgan fingerprint density at radius 3 is 2.48 bits per heavy atom.